The number of benzene rings is 1. The maximum Gasteiger partial charge on any atom is 0.162 e. The Kier molecular flexibility index (Phi) is 6.92. The number of nitrogens with one attached hydrogen (secondary N) is 1. The quantitative estimate of drug-likeness (QED) is 0.522. The molecular weight excluding hydrogens is 370 g/mol. The predicted molar refractivity (Wildman–Crippen MR) is 105 cm³/mol. The van der Waals surface area contributed by atoms with Crippen molar-refractivity contribution in [3.63, 3.8) is 0 Å². The molecule has 1 aliphatic rings. The van der Waals surface area contributed by atoms with Crippen molar-refractivity contribution in [1.82, 2.24) is 14.9 Å². The molecule has 0 spiro atoms. The lowest BCUT2D eigenvalue weighted by Crippen LogP contribution is -2.37. The Morgan fingerprint density at radius 3 is 2.85 bits per heavy atom. The molecule has 0 saturated carbocycles. The second-order valence-electron chi connectivity index (χ2n) is 6.07. The van der Waals surface area contributed by atoms with Crippen LogP contribution in [-0.2, 0) is 4.74 Å². The zero-order valence-corrected chi connectivity index (χ0v) is 16.0. The molecule has 2 aromatic rings. The SMILES string of the molecule is COc1cc(Nc2ncnc(Cl)c2N)ccc1OCCCN1CCOCC1. The van der Waals surface area contributed by atoms with E-state index in [2.05, 4.69) is 20.2 Å². The van der Waals surface area contributed by atoms with Crippen LogP contribution in [0, 0.1) is 0 Å². The Hall–Kier alpha value is -2.29. The summed E-state index contributed by atoms with van der Waals surface area (Å²) < 4.78 is 16.7. The molecule has 0 bridgehead atoms. The van der Waals surface area contributed by atoms with Gasteiger partial charge in [-0.1, -0.05) is 11.6 Å². The molecule has 1 saturated heterocycles. The van der Waals surface area contributed by atoms with Gasteiger partial charge in [0, 0.05) is 31.4 Å². The summed E-state index contributed by atoms with van der Waals surface area (Å²) >= 11 is 5.92. The molecule has 2 heterocycles. The molecule has 0 amide bonds. The van der Waals surface area contributed by atoms with Gasteiger partial charge >= 0.3 is 0 Å². The molecule has 1 aromatic carbocycles. The number of halogens is 1. The monoisotopic (exact) mass is 393 g/mol. The van der Waals surface area contributed by atoms with Gasteiger partial charge in [-0.3, -0.25) is 4.90 Å². The van der Waals surface area contributed by atoms with Gasteiger partial charge in [0.2, 0.25) is 0 Å². The number of methoxy groups -OCH3 is 1. The Labute approximate surface area is 163 Å². The van der Waals surface area contributed by atoms with Gasteiger partial charge < -0.3 is 25.3 Å². The lowest BCUT2D eigenvalue weighted by atomic mass is 10.2. The van der Waals surface area contributed by atoms with Crippen molar-refractivity contribution in [3.8, 4) is 11.5 Å². The summed E-state index contributed by atoms with van der Waals surface area (Å²) in [5.74, 6) is 1.76. The Morgan fingerprint density at radius 1 is 1.26 bits per heavy atom. The van der Waals surface area contributed by atoms with Crippen LogP contribution in [0.3, 0.4) is 0 Å². The normalized spacial score (nSPS) is 14.7. The van der Waals surface area contributed by atoms with Crippen molar-refractivity contribution >= 4 is 28.8 Å². The molecular formula is C18H24ClN5O3. The molecule has 3 rings (SSSR count). The van der Waals surface area contributed by atoms with E-state index in [0.717, 1.165) is 45.0 Å². The maximum absolute atomic E-state index is 5.92. The van der Waals surface area contributed by atoms with E-state index in [0.29, 0.717) is 29.6 Å². The van der Waals surface area contributed by atoms with E-state index in [4.69, 9.17) is 31.5 Å². The van der Waals surface area contributed by atoms with E-state index < -0.39 is 0 Å². The molecule has 1 fully saturated rings. The highest BCUT2D eigenvalue weighted by atomic mass is 35.5. The zero-order chi connectivity index (χ0) is 19.1. The van der Waals surface area contributed by atoms with Gasteiger partial charge in [0.05, 0.1) is 26.9 Å². The number of nitrogens with zero attached hydrogens (tertiary/aromatic N) is 3. The molecule has 1 aromatic heterocycles. The van der Waals surface area contributed by atoms with Crippen LogP contribution in [0.4, 0.5) is 17.2 Å². The van der Waals surface area contributed by atoms with Gasteiger partial charge in [-0.2, -0.15) is 0 Å². The minimum Gasteiger partial charge on any atom is -0.493 e. The first-order chi connectivity index (χ1) is 13.2. The Morgan fingerprint density at radius 2 is 2.07 bits per heavy atom. The van der Waals surface area contributed by atoms with Gasteiger partial charge in [-0.05, 0) is 18.6 Å². The van der Waals surface area contributed by atoms with E-state index >= 15 is 0 Å². The molecule has 9 heteroatoms. The third-order valence-corrected chi connectivity index (χ3v) is 4.54. The van der Waals surface area contributed by atoms with Crippen molar-refractivity contribution in [1.29, 1.82) is 0 Å². The zero-order valence-electron chi connectivity index (χ0n) is 15.3. The molecule has 0 radical (unpaired) electrons. The van der Waals surface area contributed by atoms with Crippen LogP contribution < -0.4 is 20.5 Å². The standard InChI is InChI=1S/C18H24ClN5O3/c1-25-15-11-13(23-18-16(20)17(19)21-12-22-18)3-4-14(15)27-8-2-5-24-6-9-26-10-7-24/h3-4,11-12H,2,5-10,20H2,1H3,(H,21,22,23). The first-order valence-electron chi connectivity index (χ1n) is 8.81. The summed E-state index contributed by atoms with van der Waals surface area (Å²) in [5, 5.41) is 3.32. The highest BCUT2D eigenvalue weighted by molar-refractivity contribution is 6.32. The van der Waals surface area contributed by atoms with Gasteiger partial charge in [-0.25, -0.2) is 9.97 Å². The molecule has 27 heavy (non-hydrogen) atoms. The van der Waals surface area contributed by atoms with Crippen LogP contribution in [-0.4, -0.2) is 61.4 Å². The maximum atomic E-state index is 5.92. The van der Waals surface area contributed by atoms with E-state index in [1.807, 2.05) is 18.2 Å². The fraction of sp³-hybridized carbons (Fsp3) is 0.444. The highest BCUT2D eigenvalue weighted by Gasteiger charge is 2.11. The van der Waals surface area contributed by atoms with Gasteiger partial charge in [-0.15, -0.1) is 0 Å². The van der Waals surface area contributed by atoms with Gasteiger partial charge in [0.1, 0.15) is 12.0 Å². The van der Waals surface area contributed by atoms with Crippen molar-refractivity contribution in [3.05, 3.63) is 29.7 Å². The van der Waals surface area contributed by atoms with Crippen LogP contribution in [0.15, 0.2) is 24.5 Å². The summed E-state index contributed by atoms with van der Waals surface area (Å²) in [7, 11) is 1.61. The lowest BCUT2D eigenvalue weighted by Gasteiger charge is -2.26. The number of anilines is 3. The van der Waals surface area contributed by atoms with Crippen molar-refractivity contribution in [2.24, 2.45) is 0 Å². The number of ether oxygens (including phenoxy) is 3. The molecule has 146 valence electrons. The summed E-state index contributed by atoms with van der Waals surface area (Å²) in [6.07, 6.45) is 2.29. The molecule has 8 nitrogen and oxygen atoms in total. The van der Waals surface area contributed by atoms with Crippen LogP contribution >= 0.6 is 11.6 Å². The second-order valence-corrected chi connectivity index (χ2v) is 6.43. The predicted octanol–water partition coefficient (Wildman–Crippen LogP) is 2.57. The second kappa shape index (κ2) is 9.59. The minimum absolute atomic E-state index is 0.208. The topological polar surface area (TPSA) is 94.8 Å². The number of hydrogen-bond donors (Lipinski definition) is 2. The van der Waals surface area contributed by atoms with E-state index in [9.17, 15) is 0 Å². The average molecular weight is 394 g/mol. The lowest BCUT2D eigenvalue weighted by molar-refractivity contribution is 0.0357. The Bertz CT molecular complexity index is 756. The Balaban J connectivity index is 1.56. The molecule has 1 aliphatic heterocycles. The van der Waals surface area contributed by atoms with E-state index in [-0.39, 0.29) is 5.15 Å². The number of aromatic nitrogens is 2. The number of nitrogen functional groups attached to an aromatic ring is 1. The van der Waals surface area contributed by atoms with Crippen LogP contribution in [0.5, 0.6) is 11.5 Å². The van der Waals surface area contributed by atoms with Gasteiger partial charge in [0.25, 0.3) is 0 Å². The van der Waals surface area contributed by atoms with Crippen LogP contribution in [0.25, 0.3) is 0 Å². The number of nitrogens with two attached hydrogens (primary N) is 1. The first kappa shape index (κ1) is 19.5. The third kappa shape index (κ3) is 5.35. The van der Waals surface area contributed by atoms with E-state index in [1.54, 1.807) is 7.11 Å². The van der Waals surface area contributed by atoms with Crippen molar-refractivity contribution < 1.29 is 14.2 Å². The molecule has 0 atom stereocenters. The summed E-state index contributed by atoms with van der Waals surface area (Å²) in [6, 6.07) is 5.55. The van der Waals surface area contributed by atoms with Crippen LogP contribution in [0.1, 0.15) is 6.42 Å². The first-order valence-corrected chi connectivity index (χ1v) is 9.19. The average Bonchev–Trinajstić information content (AvgIpc) is 2.70. The minimum atomic E-state index is 0.208. The largest absolute Gasteiger partial charge is 0.493 e. The third-order valence-electron chi connectivity index (χ3n) is 4.24. The van der Waals surface area contributed by atoms with Crippen molar-refractivity contribution in [2.45, 2.75) is 6.42 Å². The fourth-order valence-corrected chi connectivity index (χ4v) is 2.90. The molecule has 0 aliphatic carbocycles. The number of rotatable bonds is 8. The molecule has 0 unspecified atom stereocenters. The van der Waals surface area contributed by atoms with Gasteiger partial charge in [0.15, 0.2) is 22.5 Å². The summed E-state index contributed by atoms with van der Waals surface area (Å²) in [6.45, 7) is 5.21. The molecule has 3 N–H and O–H groups in total. The summed E-state index contributed by atoms with van der Waals surface area (Å²) in [5.41, 5.74) is 6.94. The highest BCUT2D eigenvalue weighted by Crippen LogP contribution is 2.33. The summed E-state index contributed by atoms with van der Waals surface area (Å²) in [4.78, 5) is 10.3. The van der Waals surface area contributed by atoms with E-state index in [1.165, 1.54) is 6.33 Å². The number of hydrogen-bond acceptors (Lipinski definition) is 8. The van der Waals surface area contributed by atoms with Crippen LogP contribution in [0.2, 0.25) is 5.15 Å². The van der Waals surface area contributed by atoms with Crippen molar-refractivity contribution in [2.75, 3.05) is 57.6 Å². The smallest absolute Gasteiger partial charge is 0.162 e. The number of morpholine rings is 1. The fourth-order valence-electron chi connectivity index (χ4n) is 2.77.